The molecule has 0 radical (unpaired) electrons. The molecule has 2 aromatic rings. The van der Waals surface area contributed by atoms with Crippen molar-refractivity contribution in [1.29, 1.82) is 0 Å². The topological polar surface area (TPSA) is 62.7 Å². The third-order valence-corrected chi connectivity index (χ3v) is 3.86. The van der Waals surface area contributed by atoms with E-state index in [0.717, 1.165) is 16.9 Å². The summed E-state index contributed by atoms with van der Waals surface area (Å²) in [5.74, 6) is 0.987. The number of ether oxygens (including phenoxy) is 1. The number of nitrogens with zero attached hydrogens (tertiary/aromatic N) is 1. The van der Waals surface area contributed by atoms with Crippen molar-refractivity contribution < 1.29 is 9.53 Å². The Morgan fingerprint density at radius 1 is 1.12 bits per heavy atom. The van der Waals surface area contributed by atoms with Gasteiger partial charge in [0, 0.05) is 5.02 Å². The second-order valence-electron chi connectivity index (χ2n) is 5.17. The number of amides is 1. The van der Waals surface area contributed by atoms with Gasteiger partial charge in [0.2, 0.25) is 5.96 Å². The van der Waals surface area contributed by atoms with Crippen molar-refractivity contribution in [1.82, 2.24) is 10.6 Å². The molecule has 1 aliphatic rings. The van der Waals surface area contributed by atoms with E-state index in [9.17, 15) is 4.79 Å². The zero-order chi connectivity index (χ0) is 16.9. The Morgan fingerprint density at radius 2 is 1.88 bits per heavy atom. The summed E-state index contributed by atoms with van der Waals surface area (Å²) in [6, 6.07) is 14.9. The van der Waals surface area contributed by atoms with Gasteiger partial charge in [0.25, 0.3) is 5.91 Å². The van der Waals surface area contributed by atoms with E-state index in [1.54, 1.807) is 19.3 Å². The molecule has 0 aliphatic carbocycles. The minimum Gasteiger partial charge on any atom is -0.497 e. The maximum absolute atomic E-state index is 12.0. The van der Waals surface area contributed by atoms with Gasteiger partial charge in [0.05, 0.1) is 13.7 Å². The number of rotatable bonds is 4. The SMILES string of the molecule is COc1ccc(CN=C2NC(=O)C(=Cc3ccccc3Cl)N2)cc1. The number of halogens is 1. The molecule has 6 heteroatoms. The Hall–Kier alpha value is -2.79. The van der Waals surface area contributed by atoms with Crippen LogP contribution >= 0.6 is 11.6 Å². The summed E-state index contributed by atoms with van der Waals surface area (Å²) in [7, 11) is 1.63. The van der Waals surface area contributed by atoms with Crippen LogP contribution in [0.15, 0.2) is 59.2 Å². The van der Waals surface area contributed by atoms with Crippen LogP contribution in [-0.2, 0) is 11.3 Å². The van der Waals surface area contributed by atoms with Gasteiger partial charge in [-0.25, -0.2) is 4.99 Å². The monoisotopic (exact) mass is 341 g/mol. The molecule has 1 saturated heterocycles. The predicted octanol–water partition coefficient (Wildman–Crippen LogP) is 2.97. The molecule has 5 nitrogen and oxygen atoms in total. The van der Waals surface area contributed by atoms with Gasteiger partial charge in [-0.05, 0) is 35.4 Å². The van der Waals surface area contributed by atoms with Crippen molar-refractivity contribution in [2.75, 3.05) is 7.11 Å². The van der Waals surface area contributed by atoms with Crippen molar-refractivity contribution in [3.63, 3.8) is 0 Å². The molecule has 1 amide bonds. The van der Waals surface area contributed by atoms with Gasteiger partial charge in [0.15, 0.2) is 0 Å². The fraction of sp³-hybridized carbons (Fsp3) is 0.111. The Kier molecular flexibility index (Phi) is 4.82. The minimum absolute atomic E-state index is 0.233. The Morgan fingerprint density at radius 3 is 2.58 bits per heavy atom. The van der Waals surface area contributed by atoms with Crippen molar-refractivity contribution >= 4 is 29.5 Å². The number of hydrogen-bond acceptors (Lipinski definition) is 3. The maximum atomic E-state index is 12.0. The summed E-state index contributed by atoms with van der Waals surface area (Å²) < 4.78 is 5.12. The van der Waals surface area contributed by atoms with Crippen LogP contribution in [0, 0.1) is 0 Å². The molecule has 0 aromatic heterocycles. The number of guanidine groups is 1. The highest BCUT2D eigenvalue weighted by Crippen LogP contribution is 2.18. The fourth-order valence-electron chi connectivity index (χ4n) is 2.22. The minimum atomic E-state index is -0.233. The predicted molar refractivity (Wildman–Crippen MR) is 94.8 cm³/mol. The smallest absolute Gasteiger partial charge is 0.274 e. The Labute approximate surface area is 145 Å². The summed E-state index contributed by atoms with van der Waals surface area (Å²) in [5, 5.41) is 6.26. The van der Waals surface area contributed by atoms with E-state index in [4.69, 9.17) is 16.3 Å². The maximum Gasteiger partial charge on any atom is 0.274 e. The summed E-state index contributed by atoms with van der Waals surface area (Å²) in [6.07, 6.45) is 1.70. The van der Waals surface area contributed by atoms with Gasteiger partial charge in [-0.2, -0.15) is 0 Å². The number of carbonyl (C=O) groups excluding carboxylic acids is 1. The molecule has 2 N–H and O–H groups in total. The van der Waals surface area contributed by atoms with Crippen LogP contribution in [0.3, 0.4) is 0 Å². The number of hydrogen-bond donors (Lipinski definition) is 2. The average molecular weight is 342 g/mol. The van der Waals surface area contributed by atoms with Crippen molar-refractivity contribution in [3.05, 3.63) is 70.4 Å². The normalized spacial score (nSPS) is 17.0. The first-order valence-electron chi connectivity index (χ1n) is 7.37. The molecular weight excluding hydrogens is 326 g/mol. The largest absolute Gasteiger partial charge is 0.497 e. The van der Waals surface area contributed by atoms with Crippen LogP contribution in [0.5, 0.6) is 5.75 Å². The number of methoxy groups -OCH3 is 1. The van der Waals surface area contributed by atoms with Crippen LogP contribution in [0.4, 0.5) is 0 Å². The van der Waals surface area contributed by atoms with Crippen LogP contribution in [0.2, 0.25) is 5.02 Å². The fourth-order valence-corrected chi connectivity index (χ4v) is 2.41. The first-order valence-corrected chi connectivity index (χ1v) is 7.75. The molecular formula is C18H16ClN3O2. The van der Waals surface area contributed by atoms with Crippen LogP contribution in [0.25, 0.3) is 6.08 Å². The second-order valence-corrected chi connectivity index (χ2v) is 5.58. The molecule has 0 unspecified atom stereocenters. The molecule has 0 atom stereocenters. The van der Waals surface area contributed by atoms with E-state index in [1.165, 1.54) is 0 Å². The van der Waals surface area contributed by atoms with Gasteiger partial charge in [-0.3, -0.25) is 10.1 Å². The zero-order valence-electron chi connectivity index (χ0n) is 13.0. The first-order chi connectivity index (χ1) is 11.7. The molecule has 0 saturated carbocycles. The lowest BCUT2D eigenvalue weighted by Crippen LogP contribution is -2.25. The molecule has 0 spiro atoms. The lowest BCUT2D eigenvalue weighted by molar-refractivity contribution is -0.115. The average Bonchev–Trinajstić information content (AvgIpc) is 2.95. The first kappa shape index (κ1) is 16.1. The van der Waals surface area contributed by atoms with Crippen molar-refractivity contribution in [2.24, 2.45) is 4.99 Å². The third-order valence-electron chi connectivity index (χ3n) is 3.51. The summed E-state index contributed by atoms with van der Waals surface area (Å²) in [5.41, 5.74) is 2.20. The molecule has 0 bridgehead atoms. The highest BCUT2D eigenvalue weighted by Gasteiger charge is 2.21. The molecule has 2 aromatic carbocycles. The summed E-state index contributed by atoms with van der Waals surface area (Å²) in [6.45, 7) is 0.450. The second kappa shape index (κ2) is 7.19. The van der Waals surface area contributed by atoms with Gasteiger partial charge >= 0.3 is 0 Å². The van der Waals surface area contributed by atoms with E-state index in [-0.39, 0.29) is 5.91 Å². The van der Waals surface area contributed by atoms with Crippen molar-refractivity contribution in [2.45, 2.75) is 6.54 Å². The third kappa shape index (κ3) is 3.75. The molecule has 24 heavy (non-hydrogen) atoms. The molecule has 1 aliphatic heterocycles. The number of nitrogens with one attached hydrogen (secondary N) is 2. The molecule has 3 rings (SSSR count). The number of aliphatic imine (C=N–C) groups is 1. The molecule has 122 valence electrons. The van der Waals surface area contributed by atoms with Gasteiger partial charge in [-0.15, -0.1) is 0 Å². The van der Waals surface area contributed by atoms with E-state index in [0.29, 0.717) is 23.2 Å². The lowest BCUT2D eigenvalue weighted by Gasteiger charge is -2.02. The Balaban J connectivity index is 1.70. The highest BCUT2D eigenvalue weighted by molar-refractivity contribution is 6.32. The van der Waals surface area contributed by atoms with E-state index in [1.807, 2.05) is 42.5 Å². The van der Waals surface area contributed by atoms with Gasteiger partial charge in [-0.1, -0.05) is 41.9 Å². The standard InChI is InChI=1S/C18H16ClN3O2/c1-24-14-8-6-12(7-9-14)11-20-18-21-16(17(23)22-18)10-13-4-2-3-5-15(13)19/h2-10H,11H2,1H3,(H2,20,21,22,23). The molecule has 1 heterocycles. The van der Waals surface area contributed by atoms with Crippen LogP contribution in [0.1, 0.15) is 11.1 Å². The van der Waals surface area contributed by atoms with E-state index < -0.39 is 0 Å². The summed E-state index contributed by atoms with van der Waals surface area (Å²) >= 11 is 6.11. The highest BCUT2D eigenvalue weighted by atomic mass is 35.5. The van der Waals surface area contributed by atoms with Crippen LogP contribution in [-0.4, -0.2) is 19.0 Å². The van der Waals surface area contributed by atoms with E-state index in [2.05, 4.69) is 15.6 Å². The number of benzene rings is 2. The van der Waals surface area contributed by atoms with Gasteiger partial charge in [0.1, 0.15) is 11.4 Å². The van der Waals surface area contributed by atoms with Crippen LogP contribution < -0.4 is 15.4 Å². The quantitative estimate of drug-likeness (QED) is 0.840. The van der Waals surface area contributed by atoms with Crippen molar-refractivity contribution in [3.8, 4) is 5.75 Å². The lowest BCUT2D eigenvalue weighted by atomic mass is 10.2. The molecule has 1 fully saturated rings. The van der Waals surface area contributed by atoms with E-state index >= 15 is 0 Å². The zero-order valence-corrected chi connectivity index (χ0v) is 13.8. The summed E-state index contributed by atoms with van der Waals surface area (Å²) in [4.78, 5) is 16.4. The number of carbonyl (C=O) groups is 1. The Bertz CT molecular complexity index is 813. The van der Waals surface area contributed by atoms with Gasteiger partial charge < -0.3 is 10.1 Å².